The van der Waals surface area contributed by atoms with E-state index in [1.165, 1.54) is 0 Å². The van der Waals surface area contributed by atoms with Crippen molar-refractivity contribution in [3.63, 3.8) is 0 Å². The summed E-state index contributed by atoms with van der Waals surface area (Å²) in [7, 11) is -1.33. The third kappa shape index (κ3) is 3.06. The summed E-state index contributed by atoms with van der Waals surface area (Å²) >= 11 is 6.14. The van der Waals surface area contributed by atoms with Crippen molar-refractivity contribution in [3.05, 3.63) is 65.9 Å². The third-order valence-electron chi connectivity index (χ3n) is 4.25. The van der Waals surface area contributed by atoms with Crippen LogP contribution in [0.15, 0.2) is 70.7 Å². The van der Waals surface area contributed by atoms with Gasteiger partial charge in [-0.25, -0.2) is 4.21 Å². The van der Waals surface area contributed by atoms with Gasteiger partial charge in [-0.2, -0.15) is 5.10 Å². The van der Waals surface area contributed by atoms with Crippen LogP contribution in [0.3, 0.4) is 0 Å². The van der Waals surface area contributed by atoms with Gasteiger partial charge in [-0.05, 0) is 42.8 Å². The van der Waals surface area contributed by atoms with Gasteiger partial charge in [0.2, 0.25) is 5.91 Å². The fraction of sp³-hybridized carbons (Fsp3) is 0.158. The second kappa shape index (κ2) is 7.05. The molecule has 4 rings (SSSR count). The summed E-state index contributed by atoms with van der Waals surface area (Å²) in [5, 5.41) is 4.66. The minimum atomic E-state index is -1.33. The molecule has 1 atom stereocenters. The number of aryl methyl sites for hydroxylation is 1. The molecule has 26 heavy (non-hydrogen) atoms. The van der Waals surface area contributed by atoms with E-state index in [1.807, 2.05) is 30.5 Å². The van der Waals surface area contributed by atoms with Gasteiger partial charge < -0.3 is 0 Å². The van der Waals surface area contributed by atoms with Gasteiger partial charge in [-0.1, -0.05) is 23.7 Å². The molecule has 0 bridgehead atoms. The molecule has 0 aliphatic carbocycles. The Morgan fingerprint density at radius 3 is 2.69 bits per heavy atom. The van der Waals surface area contributed by atoms with Crippen molar-refractivity contribution >= 4 is 39.7 Å². The maximum atomic E-state index is 13.0. The quantitative estimate of drug-likeness (QED) is 0.677. The highest BCUT2D eigenvalue weighted by Crippen LogP contribution is 2.43. The molecule has 0 saturated heterocycles. The number of rotatable bonds is 4. The zero-order chi connectivity index (χ0) is 18.1. The van der Waals surface area contributed by atoms with E-state index in [2.05, 4.69) is 5.10 Å². The molecule has 0 spiro atoms. The number of carbonyl (C=O) groups is 1. The third-order valence-corrected chi connectivity index (χ3v) is 5.98. The van der Waals surface area contributed by atoms with E-state index in [-0.39, 0.29) is 5.91 Å². The average molecular weight is 386 g/mol. The molecule has 1 amide bonds. The van der Waals surface area contributed by atoms with Crippen LogP contribution in [-0.4, -0.2) is 19.9 Å². The van der Waals surface area contributed by atoms with Crippen LogP contribution in [0, 0.1) is 0 Å². The van der Waals surface area contributed by atoms with E-state index in [0.29, 0.717) is 45.6 Å². The fourth-order valence-corrected chi connectivity index (χ4v) is 4.56. The van der Waals surface area contributed by atoms with Gasteiger partial charge in [0.05, 0.1) is 32.0 Å². The van der Waals surface area contributed by atoms with E-state index < -0.39 is 10.8 Å². The highest BCUT2D eigenvalue weighted by molar-refractivity contribution is 7.85. The number of aromatic nitrogens is 2. The highest BCUT2D eigenvalue weighted by atomic mass is 35.5. The first-order valence-electron chi connectivity index (χ1n) is 8.26. The molecule has 1 aromatic heterocycles. The van der Waals surface area contributed by atoms with E-state index in [1.54, 1.807) is 40.0 Å². The van der Waals surface area contributed by atoms with Crippen molar-refractivity contribution in [3.8, 4) is 0 Å². The van der Waals surface area contributed by atoms with E-state index in [4.69, 9.17) is 11.6 Å². The first-order chi connectivity index (χ1) is 12.6. The second-order valence-corrected chi connectivity index (χ2v) is 7.80. The summed E-state index contributed by atoms with van der Waals surface area (Å²) < 4.78 is 14.7. The lowest BCUT2D eigenvalue weighted by molar-refractivity contribution is -0.118. The van der Waals surface area contributed by atoms with Crippen LogP contribution in [0.5, 0.6) is 0 Å². The van der Waals surface area contributed by atoms with Gasteiger partial charge in [0.25, 0.3) is 0 Å². The largest absolute Gasteiger partial charge is 0.279 e. The Balaban J connectivity index is 1.66. The van der Waals surface area contributed by atoms with Crippen molar-refractivity contribution in [2.24, 2.45) is 0 Å². The zero-order valence-corrected chi connectivity index (χ0v) is 15.4. The monoisotopic (exact) mass is 385 g/mol. The first kappa shape index (κ1) is 17.0. The molecular formula is C19H16ClN3O2S. The Hall–Kier alpha value is -2.44. The maximum Gasteiger partial charge on any atom is 0.231 e. The van der Waals surface area contributed by atoms with Crippen LogP contribution in [0.2, 0.25) is 5.02 Å². The topological polar surface area (TPSA) is 55.2 Å². The number of fused-ring (bicyclic) bond motifs is 2. The van der Waals surface area contributed by atoms with Crippen LogP contribution >= 0.6 is 11.6 Å². The zero-order valence-electron chi connectivity index (χ0n) is 13.8. The van der Waals surface area contributed by atoms with Crippen molar-refractivity contribution < 1.29 is 9.00 Å². The van der Waals surface area contributed by atoms with Crippen LogP contribution in [0.1, 0.15) is 12.8 Å². The molecule has 5 nitrogen and oxygen atoms in total. The number of hydrogen-bond donors (Lipinski definition) is 0. The van der Waals surface area contributed by atoms with E-state index in [9.17, 15) is 9.00 Å². The van der Waals surface area contributed by atoms with Crippen LogP contribution < -0.4 is 4.90 Å². The smallest absolute Gasteiger partial charge is 0.231 e. The number of nitrogens with zero attached hydrogens (tertiary/aromatic N) is 3. The Kier molecular flexibility index (Phi) is 4.61. The van der Waals surface area contributed by atoms with Crippen molar-refractivity contribution in [2.45, 2.75) is 29.2 Å². The SMILES string of the molecule is O=C(CCCn1cccn1)N1c2ccccc2S(=O)c2ccc(Cl)cc21. The molecule has 0 N–H and O–H groups in total. The van der Waals surface area contributed by atoms with Crippen LogP contribution in [0.4, 0.5) is 11.4 Å². The lowest BCUT2D eigenvalue weighted by Gasteiger charge is -2.31. The van der Waals surface area contributed by atoms with E-state index >= 15 is 0 Å². The standard InChI is InChI=1S/C19H16ClN3O2S/c20-14-8-9-18-16(13-14)23(15-5-1-2-6-17(15)26(18)25)19(24)7-3-11-22-12-4-10-21-22/h1-2,4-6,8-10,12-13H,3,7,11H2. The molecule has 3 aromatic rings. The van der Waals surface area contributed by atoms with Gasteiger partial charge in [0, 0.05) is 30.4 Å². The summed E-state index contributed by atoms with van der Waals surface area (Å²) in [5.41, 5.74) is 1.25. The van der Waals surface area contributed by atoms with Crippen molar-refractivity contribution in [1.29, 1.82) is 0 Å². The minimum absolute atomic E-state index is 0.0511. The summed E-state index contributed by atoms with van der Waals surface area (Å²) in [6.07, 6.45) is 4.61. The summed E-state index contributed by atoms with van der Waals surface area (Å²) in [6.45, 7) is 0.669. The maximum absolute atomic E-state index is 13.0. The Morgan fingerprint density at radius 1 is 1.08 bits per heavy atom. The van der Waals surface area contributed by atoms with Gasteiger partial charge >= 0.3 is 0 Å². The number of hydrogen-bond acceptors (Lipinski definition) is 3. The van der Waals surface area contributed by atoms with Crippen LogP contribution in [0.25, 0.3) is 0 Å². The summed E-state index contributed by atoms with van der Waals surface area (Å²) in [6, 6.07) is 14.3. The second-order valence-electron chi connectivity index (χ2n) is 5.95. The first-order valence-corrected chi connectivity index (χ1v) is 9.78. The van der Waals surface area contributed by atoms with Gasteiger partial charge in [0.1, 0.15) is 0 Å². The lowest BCUT2D eigenvalue weighted by atomic mass is 10.2. The molecular weight excluding hydrogens is 370 g/mol. The molecule has 0 radical (unpaired) electrons. The number of halogens is 1. The Labute approximate surface area is 158 Å². The normalized spacial score (nSPS) is 15.4. The number of benzene rings is 2. The number of para-hydroxylation sites is 1. The Morgan fingerprint density at radius 2 is 1.88 bits per heavy atom. The molecule has 2 aromatic carbocycles. The average Bonchev–Trinajstić information content (AvgIpc) is 3.15. The summed E-state index contributed by atoms with van der Waals surface area (Å²) in [4.78, 5) is 15.9. The molecule has 0 fully saturated rings. The van der Waals surface area contributed by atoms with E-state index in [0.717, 1.165) is 0 Å². The van der Waals surface area contributed by atoms with Gasteiger partial charge in [-0.3, -0.25) is 14.4 Å². The van der Waals surface area contributed by atoms with Gasteiger partial charge in [0.15, 0.2) is 0 Å². The Bertz CT molecular complexity index is 988. The molecule has 1 aliphatic rings. The highest BCUT2D eigenvalue weighted by Gasteiger charge is 2.31. The molecule has 1 unspecified atom stereocenters. The fourth-order valence-electron chi connectivity index (χ4n) is 3.07. The van der Waals surface area contributed by atoms with Crippen LogP contribution in [-0.2, 0) is 22.1 Å². The van der Waals surface area contributed by atoms with Crippen molar-refractivity contribution in [1.82, 2.24) is 9.78 Å². The number of carbonyl (C=O) groups excluding carboxylic acids is 1. The molecule has 7 heteroatoms. The predicted molar refractivity (Wildman–Crippen MR) is 101 cm³/mol. The van der Waals surface area contributed by atoms with Gasteiger partial charge in [-0.15, -0.1) is 0 Å². The molecule has 0 saturated carbocycles. The molecule has 132 valence electrons. The number of anilines is 2. The number of amides is 1. The predicted octanol–water partition coefficient (Wildman–Crippen LogP) is 4.16. The summed E-state index contributed by atoms with van der Waals surface area (Å²) in [5.74, 6) is -0.0511. The molecule has 1 aliphatic heterocycles. The lowest BCUT2D eigenvalue weighted by Crippen LogP contribution is -2.30. The molecule has 2 heterocycles. The minimum Gasteiger partial charge on any atom is -0.279 e. The van der Waals surface area contributed by atoms with Crippen molar-refractivity contribution in [2.75, 3.05) is 4.90 Å².